The fraction of sp³-hybridized carbons (Fsp3) is 0.848. The first kappa shape index (κ1) is 104. The molecule has 0 radical (unpaired) electrons. The van der Waals surface area contributed by atoms with Gasteiger partial charge in [-0.3, -0.25) is 24.5 Å². The maximum absolute atomic E-state index is 13.7. The smallest absolute Gasteiger partial charge is 0.364 e. The van der Waals surface area contributed by atoms with Crippen molar-refractivity contribution >= 4 is 46.1 Å². The number of benzene rings is 1. The molecule has 6 fully saturated rings. The van der Waals surface area contributed by atoms with Gasteiger partial charge in [-0.1, -0.05) is 128 Å². The van der Waals surface area contributed by atoms with Gasteiger partial charge in [0.2, 0.25) is 23.2 Å². The number of nitrogens with one attached hydrogen (secondary N) is 4. The molecule has 6 aliphatic heterocycles. The van der Waals surface area contributed by atoms with E-state index in [4.69, 9.17) is 61.5 Å². The quantitative estimate of drug-likeness (QED) is 0.0130. The molecule has 0 aliphatic carbocycles. The number of nitro groups is 1. The lowest BCUT2D eigenvalue weighted by Gasteiger charge is -2.52. The minimum Gasteiger partial charge on any atom is -0.477 e. The number of carbonyl (C=O) groups excluding carboxylic acids is 3. The van der Waals surface area contributed by atoms with Crippen molar-refractivity contribution in [2.75, 3.05) is 51.5 Å². The molecule has 45 heteroatoms. The van der Waals surface area contributed by atoms with Crippen molar-refractivity contribution in [1.29, 1.82) is 0 Å². The summed E-state index contributed by atoms with van der Waals surface area (Å²) in [5.74, 6) is -7.67. The third kappa shape index (κ3) is 27.9. The average Bonchev–Trinajstić information content (AvgIpc) is 0.911. The van der Waals surface area contributed by atoms with Gasteiger partial charge in [-0.25, -0.2) is 9.42 Å². The van der Waals surface area contributed by atoms with Gasteiger partial charge >= 0.3 is 11.7 Å². The van der Waals surface area contributed by atoms with Crippen molar-refractivity contribution < 1.29 is 183 Å². The van der Waals surface area contributed by atoms with Crippen LogP contribution < -0.4 is 21.3 Å². The maximum atomic E-state index is 13.7. The molecule has 1 aromatic heterocycles. The highest BCUT2D eigenvalue weighted by molar-refractivity contribution is 5.93. The van der Waals surface area contributed by atoms with Gasteiger partial charge < -0.3 is 175 Å². The second-order valence-electron chi connectivity index (χ2n) is 32.6. The Morgan fingerprint density at radius 2 is 1.06 bits per heavy atom. The molecule has 710 valence electrons. The number of aliphatic hydroxyl groups is 18. The predicted molar refractivity (Wildman–Crippen MR) is 423 cm³/mol. The molecule has 6 saturated heterocycles. The average molecular weight is 1790 g/mol. The first-order valence-corrected chi connectivity index (χ1v) is 42.9. The van der Waals surface area contributed by atoms with Crippen LogP contribution in [0.1, 0.15) is 175 Å². The number of aromatic nitrogens is 2. The Hall–Kier alpha value is -5.76. The molecule has 23 N–H and O–H groups in total. The normalized spacial score (nSPS) is 35.2. The van der Waals surface area contributed by atoms with Gasteiger partial charge in [-0.2, -0.15) is 0 Å². The minimum atomic E-state index is -3.29. The molecule has 3 amide bonds. The number of ether oxygens (including phenoxy) is 12. The molecule has 0 spiro atoms. The Morgan fingerprint density at radius 1 is 0.565 bits per heavy atom. The fourth-order valence-electron chi connectivity index (χ4n) is 16.1. The van der Waals surface area contributed by atoms with Gasteiger partial charge in [-0.05, 0) is 49.0 Å². The highest BCUT2D eigenvalue weighted by atomic mass is 16.8. The summed E-state index contributed by atoms with van der Waals surface area (Å²) >= 11 is 0. The molecule has 2 aromatic rings. The molecule has 0 unspecified atom stereocenters. The van der Waals surface area contributed by atoms with E-state index >= 15 is 0 Å². The molecule has 6 aliphatic rings. The van der Waals surface area contributed by atoms with E-state index in [2.05, 4.69) is 38.5 Å². The third-order valence-electron chi connectivity index (χ3n) is 23.1. The van der Waals surface area contributed by atoms with Crippen LogP contribution in [0.15, 0.2) is 28.9 Å². The summed E-state index contributed by atoms with van der Waals surface area (Å²) in [5.41, 5.74) is 0.734. The highest BCUT2D eigenvalue weighted by Gasteiger charge is 2.62. The summed E-state index contributed by atoms with van der Waals surface area (Å²) < 4.78 is 76.9. The largest absolute Gasteiger partial charge is 0.477 e. The second kappa shape index (κ2) is 51.0. The van der Waals surface area contributed by atoms with E-state index in [1.807, 2.05) is 0 Å². The van der Waals surface area contributed by atoms with Crippen molar-refractivity contribution in [1.82, 2.24) is 26.3 Å². The summed E-state index contributed by atoms with van der Waals surface area (Å²) in [4.78, 5) is 63.6. The molecule has 0 bridgehead atoms. The molecule has 1 aromatic carbocycles. The van der Waals surface area contributed by atoms with Crippen molar-refractivity contribution in [3.8, 4) is 0 Å². The predicted octanol–water partition coefficient (Wildman–Crippen LogP) is -3.99. The van der Waals surface area contributed by atoms with Crippen LogP contribution >= 0.6 is 0 Å². The van der Waals surface area contributed by atoms with E-state index in [0.717, 1.165) is 97.3 Å². The summed E-state index contributed by atoms with van der Waals surface area (Å²) in [6, 6.07) is -1.96. The number of rotatable bonds is 52. The van der Waals surface area contributed by atoms with Gasteiger partial charge in [0, 0.05) is 39.3 Å². The highest BCUT2D eigenvalue weighted by Crippen LogP contribution is 2.42. The Labute approximate surface area is 715 Å². The van der Waals surface area contributed by atoms with Gasteiger partial charge in [0.1, 0.15) is 134 Å². The van der Waals surface area contributed by atoms with Crippen LogP contribution in [-0.4, -0.2) is 384 Å². The SMILES string of the molecule is CCCCCCCCCCCCC/C=C/[C@@H](O)[C@H](CO[C@@H]1O[C@H](CO)[C@@H](O[C@@H]2O[C@H](CO)[C@H](O)[C@H](O[C@@H]3O[C@H](CO)[C@@H](O[C@@H]4O[C@H](CO)[C@H](O)[C@H](O[C@]5(C(=O)O)C[C@H](O)[C@@H](NC(C)=O)[C@H]([C@H](O)[C@H](O)CO)O5)[C@H]4O)[C@H](O[C@@H]4O[C@@H](C)[C@@H](O)[C@@H](O)[C@@H]4O)[C@H]3NC(C)=O)[C@H]2O)[C@H](O)[C@H]1O)NC(=O)CCCCCCCCCCCNc1ccc([N+](=O)[O-])c2nonc12. The lowest BCUT2D eigenvalue weighted by Crippen LogP contribution is -2.72. The monoisotopic (exact) mass is 1790 g/mol. The van der Waals surface area contributed by atoms with Gasteiger partial charge in [-0.15, -0.1) is 0 Å². The summed E-state index contributed by atoms with van der Waals surface area (Å²) in [5, 5.41) is 243. The van der Waals surface area contributed by atoms with E-state index in [9.17, 15) is 126 Å². The van der Waals surface area contributed by atoms with Crippen LogP contribution in [0.5, 0.6) is 0 Å². The van der Waals surface area contributed by atoms with Crippen LogP contribution in [-0.2, 0) is 76.0 Å². The zero-order valence-corrected chi connectivity index (χ0v) is 70.1. The molecule has 45 nitrogen and oxygen atoms in total. The van der Waals surface area contributed by atoms with Gasteiger partial charge in [0.25, 0.3) is 5.79 Å². The van der Waals surface area contributed by atoms with E-state index in [1.54, 1.807) is 12.1 Å². The topological polar surface area (TPSA) is 694 Å². The van der Waals surface area contributed by atoms with Crippen LogP contribution in [0.2, 0.25) is 0 Å². The number of non-ortho nitro benzene ring substituents is 1. The Bertz CT molecular complexity index is 3550. The fourth-order valence-corrected chi connectivity index (χ4v) is 16.1. The van der Waals surface area contributed by atoms with Crippen molar-refractivity contribution in [2.24, 2.45) is 0 Å². The minimum absolute atomic E-state index is 0.0664. The Kier molecular flexibility index (Phi) is 42.6. The molecule has 33 atom stereocenters. The van der Waals surface area contributed by atoms with E-state index in [0.29, 0.717) is 25.1 Å². The number of fused-ring (bicyclic) bond motifs is 1. The molecular formula is C79H131N7O38. The number of carboxylic acid groups (broad SMARTS) is 1. The zero-order chi connectivity index (χ0) is 90.6. The number of carbonyl (C=O) groups is 4. The molecule has 8 rings (SSSR count). The second-order valence-corrected chi connectivity index (χ2v) is 32.6. The summed E-state index contributed by atoms with van der Waals surface area (Å²) in [6.45, 7) is -0.279. The number of carboxylic acids is 1. The number of amides is 3. The van der Waals surface area contributed by atoms with Crippen LogP contribution in [0.3, 0.4) is 0 Å². The number of aliphatic carboxylic acids is 1. The number of hydrogen-bond acceptors (Lipinski definition) is 40. The lowest BCUT2D eigenvalue weighted by molar-refractivity contribution is -0.399. The van der Waals surface area contributed by atoms with Gasteiger partial charge in [0.15, 0.2) is 37.0 Å². The zero-order valence-electron chi connectivity index (χ0n) is 70.1. The number of hydrogen-bond donors (Lipinski definition) is 23. The molecule has 7 heterocycles. The number of nitrogens with zero attached hydrogens (tertiary/aromatic N) is 3. The number of aliphatic hydroxyl groups excluding tert-OH is 18. The number of nitro benzene ring substituents is 1. The first-order valence-electron chi connectivity index (χ1n) is 42.9. The molecule has 0 saturated carbocycles. The third-order valence-corrected chi connectivity index (χ3v) is 23.1. The van der Waals surface area contributed by atoms with E-state index in [-0.39, 0.29) is 23.1 Å². The molecule has 124 heavy (non-hydrogen) atoms. The lowest BCUT2D eigenvalue weighted by atomic mass is 9.88. The Balaban J connectivity index is 0.940. The van der Waals surface area contributed by atoms with Crippen molar-refractivity contribution in [2.45, 2.75) is 377 Å². The Morgan fingerprint density at radius 3 is 1.65 bits per heavy atom. The van der Waals surface area contributed by atoms with Crippen molar-refractivity contribution in [3.63, 3.8) is 0 Å². The number of anilines is 1. The van der Waals surface area contributed by atoms with Crippen molar-refractivity contribution in [3.05, 3.63) is 34.4 Å². The summed E-state index contributed by atoms with van der Waals surface area (Å²) in [7, 11) is 0. The first-order chi connectivity index (χ1) is 59.3. The number of unbranched alkanes of at least 4 members (excludes halogenated alkanes) is 19. The summed E-state index contributed by atoms with van der Waals surface area (Å²) in [6.07, 6.45) is -36.7. The number of allylic oxidation sites excluding steroid dienone is 1. The van der Waals surface area contributed by atoms with Gasteiger partial charge in [0.05, 0.1) is 80.6 Å². The van der Waals surface area contributed by atoms with E-state index < -0.39 is 277 Å². The standard InChI is InChI=1S/C79H131N7O38/c1-5-6-7-8-9-10-11-12-13-15-18-21-24-27-45(94)43(83-52(97)28-25-22-19-16-14-17-20-23-26-31-80-42-29-30-44(86(110)111)54-53(42)84-124-85-54)38-112-74-64(105)62(103)67(50(36-90)117-74)118-76-65(106)71(59(100)48(34-88)114-76)121-73-56(82-41(4)93)70(120-75-63(104)61(102)57(98)39(2)113-75)68(51(37-91)116-73)119-77-66(107)72(60(101)49(35-89)115-77)123-79(78(108)109)32-46(95)55(81-40(3)92)69(122-79)58(99)47(96)33-87/h24,27,29-30,39,43,45-51,55-77,80,87-91,94-96,98-107H,5-23,25-26,28,31-38H2,1-4H3,(H,81,92)(H,82,93)(H,83,97)(H,108,109)/b27-24+/t39-,43-,45+,46-,47+,48+,49+,50+,51+,55+,56+,57+,58+,59-,60-,61+,62+,63-,64+,65+,66+,67+,68+,69+,70+,71-,72-,73-,74+,75-,76-,77-,79-/m0/s1. The molecular weight excluding hydrogens is 1650 g/mol. The van der Waals surface area contributed by atoms with Crippen LogP contribution in [0, 0.1) is 10.1 Å². The maximum Gasteiger partial charge on any atom is 0.364 e. The van der Waals surface area contributed by atoms with Crippen LogP contribution in [0.4, 0.5) is 11.4 Å². The van der Waals surface area contributed by atoms with E-state index in [1.165, 1.54) is 57.6 Å². The van der Waals surface area contributed by atoms with Crippen LogP contribution in [0.25, 0.3) is 11.0 Å².